The van der Waals surface area contributed by atoms with Crippen LogP contribution in [0.3, 0.4) is 0 Å². The molecule has 1 aromatic heterocycles. The fraction of sp³-hybridized carbons (Fsp3) is 0.286. The molecule has 0 aliphatic heterocycles. The van der Waals surface area contributed by atoms with Crippen molar-refractivity contribution in [1.82, 2.24) is 15.6 Å². The Balaban J connectivity index is 1.37. The summed E-state index contributed by atoms with van der Waals surface area (Å²) in [6.45, 7) is 2.02. The number of guanidine groups is 1. The molecular formula is C21H26N4O2. The Morgan fingerprint density at radius 2 is 1.74 bits per heavy atom. The summed E-state index contributed by atoms with van der Waals surface area (Å²) in [5.74, 6) is 2.41. The minimum absolute atomic E-state index is 0.551. The molecule has 0 bridgehead atoms. The van der Waals surface area contributed by atoms with Gasteiger partial charge in [-0.25, -0.2) is 0 Å². The van der Waals surface area contributed by atoms with Gasteiger partial charge in [-0.2, -0.15) is 0 Å². The summed E-state index contributed by atoms with van der Waals surface area (Å²) < 4.78 is 10.8. The number of aromatic amines is 1. The van der Waals surface area contributed by atoms with Crippen molar-refractivity contribution in [3.8, 4) is 11.5 Å². The summed E-state index contributed by atoms with van der Waals surface area (Å²) in [6, 6.07) is 15.9. The number of nitrogens with zero attached hydrogens (tertiary/aromatic N) is 1. The van der Waals surface area contributed by atoms with Crippen LogP contribution < -0.4 is 20.1 Å². The SMILES string of the molecule is CN=C(NCCOc1ccc(OC)cc1)NCCc1c[nH]c2ccccc12. The maximum atomic E-state index is 5.71. The summed E-state index contributed by atoms with van der Waals surface area (Å²) in [5, 5.41) is 7.87. The van der Waals surface area contributed by atoms with Crippen molar-refractivity contribution in [1.29, 1.82) is 0 Å². The average molecular weight is 366 g/mol. The molecule has 6 heteroatoms. The molecule has 3 rings (SSSR count). The topological polar surface area (TPSA) is 70.7 Å². The lowest BCUT2D eigenvalue weighted by Crippen LogP contribution is -2.40. The number of hydrogen-bond donors (Lipinski definition) is 3. The van der Waals surface area contributed by atoms with Crippen LogP contribution in [0.25, 0.3) is 10.9 Å². The lowest BCUT2D eigenvalue weighted by molar-refractivity contribution is 0.321. The van der Waals surface area contributed by atoms with Gasteiger partial charge in [0.15, 0.2) is 5.96 Å². The van der Waals surface area contributed by atoms with E-state index in [2.05, 4.69) is 45.0 Å². The van der Waals surface area contributed by atoms with Crippen molar-refractivity contribution in [2.45, 2.75) is 6.42 Å². The minimum Gasteiger partial charge on any atom is -0.497 e. The third-order valence-electron chi connectivity index (χ3n) is 4.31. The quantitative estimate of drug-likeness (QED) is 0.326. The molecule has 0 spiro atoms. The Morgan fingerprint density at radius 3 is 2.52 bits per heavy atom. The zero-order valence-electron chi connectivity index (χ0n) is 15.8. The Morgan fingerprint density at radius 1 is 1.00 bits per heavy atom. The Hall–Kier alpha value is -3.15. The smallest absolute Gasteiger partial charge is 0.191 e. The minimum atomic E-state index is 0.551. The van der Waals surface area contributed by atoms with Gasteiger partial charge in [0.1, 0.15) is 18.1 Å². The van der Waals surface area contributed by atoms with Crippen molar-refractivity contribution >= 4 is 16.9 Å². The van der Waals surface area contributed by atoms with E-state index in [-0.39, 0.29) is 0 Å². The van der Waals surface area contributed by atoms with E-state index in [0.717, 1.165) is 30.4 Å². The van der Waals surface area contributed by atoms with Crippen molar-refractivity contribution < 1.29 is 9.47 Å². The molecule has 0 atom stereocenters. The van der Waals surface area contributed by atoms with Crippen molar-refractivity contribution in [2.75, 3.05) is 33.9 Å². The standard InChI is InChI=1S/C21H26N4O2/c1-22-21(24-13-14-27-18-9-7-17(26-2)8-10-18)23-12-11-16-15-25-20-6-4-3-5-19(16)20/h3-10,15,25H,11-14H2,1-2H3,(H2,22,23,24). The van der Waals surface area contributed by atoms with Gasteiger partial charge in [-0.1, -0.05) is 18.2 Å². The molecule has 0 fully saturated rings. The molecule has 2 aromatic carbocycles. The van der Waals surface area contributed by atoms with E-state index in [0.29, 0.717) is 13.2 Å². The molecule has 6 nitrogen and oxygen atoms in total. The number of hydrogen-bond acceptors (Lipinski definition) is 3. The van der Waals surface area contributed by atoms with Crippen molar-refractivity contribution in [3.05, 3.63) is 60.3 Å². The monoisotopic (exact) mass is 366 g/mol. The summed E-state index contributed by atoms with van der Waals surface area (Å²) in [7, 11) is 3.42. The molecule has 0 saturated carbocycles. The van der Waals surface area contributed by atoms with E-state index in [4.69, 9.17) is 9.47 Å². The Kier molecular flexibility index (Phi) is 6.57. The lowest BCUT2D eigenvalue weighted by Gasteiger charge is -2.12. The average Bonchev–Trinajstić information content (AvgIpc) is 3.13. The number of H-pyrrole nitrogens is 1. The predicted octanol–water partition coefficient (Wildman–Crippen LogP) is 2.96. The molecule has 0 amide bonds. The fourth-order valence-corrected chi connectivity index (χ4v) is 2.88. The second-order valence-corrected chi connectivity index (χ2v) is 6.06. The second kappa shape index (κ2) is 9.52. The van der Waals surface area contributed by atoms with E-state index in [1.165, 1.54) is 16.5 Å². The van der Waals surface area contributed by atoms with Crippen LogP contribution in [0.4, 0.5) is 0 Å². The van der Waals surface area contributed by atoms with E-state index in [1.54, 1.807) is 14.2 Å². The van der Waals surface area contributed by atoms with Gasteiger partial charge >= 0.3 is 0 Å². The zero-order valence-corrected chi connectivity index (χ0v) is 15.8. The first-order valence-corrected chi connectivity index (χ1v) is 9.06. The number of benzene rings is 2. The van der Waals surface area contributed by atoms with Crippen LogP contribution in [0, 0.1) is 0 Å². The van der Waals surface area contributed by atoms with Crippen LogP contribution in [0.5, 0.6) is 11.5 Å². The number of rotatable bonds is 8. The summed E-state index contributed by atoms with van der Waals surface area (Å²) >= 11 is 0. The van der Waals surface area contributed by atoms with Gasteiger partial charge in [0, 0.05) is 30.7 Å². The van der Waals surface area contributed by atoms with Gasteiger partial charge in [-0.3, -0.25) is 4.99 Å². The van der Waals surface area contributed by atoms with Crippen LogP contribution in [-0.2, 0) is 6.42 Å². The summed E-state index contributed by atoms with van der Waals surface area (Å²) in [6.07, 6.45) is 3.00. The predicted molar refractivity (Wildman–Crippen MR) is 110 cm³/mol. The number of aromatic nitrogens is 1. The van der Waals surface area contributed by atoms with Crippen molar-refractivity contribution in [3.63, 3.8) is 0 Å². The first-order valence-electron chi connectivity index (χ1n) is 9.06. The number of para-hydroxylation sites is 1. The molecule has 27 heavy (non-hydrogen) atoms. The van der Waals surface area contributed by atoms with E-state index >= 15 is 0 Å². The maximum absolute atomic E-state index is 5.71. The number of ether oxygens (including phenoxy) is 2. The molecule has 0 unspecified atom stereocenters. The maximum Gasteiger partial charge on any atom is 0.191 e. The summed E-state index contributed by atoms with van der Waals surface area (Å²) in [5.41, 5.74) is 2.47. The molecule has 142 valence electrons. The number of aliphatic imine (C=N–C) groups is 1. The molecule has 3 aromatic rings. The molecule has 1 heterocycles. The second-order valence-electron chi connectivity index (χ2n) is 6.06. The van der Waals surface area contributed by atoms with E-state index < -0.39 is 0 Å². The van der Waals surface area contributed by atoms with Crippen LogP contribution in [0.1, 0.15) is 5.56 Å². The third kappa shape index (κ3) is 5.17. The van der Waals surface area contributed by atoms with Gasteiger partial charge in [-0.15, -0.1) is 0 Å². The Bertz CT molecular complexity index is 871. The number of methoxy groups -OCH3 is 1. The summed E-state index contributed by atoms with van der Waals surface area (Å²) in [4.78, 5) is 7.56. The fourth-order valence-electron chi connectivity index (χ4n) is 2.88. The first-order chi connectivity index (χ1) is 13.3. The highest BCUT2D eigenvalue weighted by Crippen LogP contribution is 2.18. The van der Waals surface area contributed by atoms with Crippen LogP contribution in [-0.4, -0.2) is 44.8 Å². The van der Waals surface area contributed by atoms with Gasteiger partial charge in [-0.05, 0) is 42.3 Å². The highest BCUT2D eigenvalue weighted by molar-refractivity contribution is 5.83. The van der Waals surface area contributed by atoms with Crippen LogP contribution in [0.15, 0.2) is 59.7 Å². The Labute approximate surface area is 159 Å². The van der Waals surface area contributed by atoms with Gasteiger partial charge in [0.2, 0.25) is 0 Å². The lowest BCUT2D eigenvalue weighted by atomic mass is 10.1. The van der Waals surface area contributed by atoms with Crippen molar-refractivity contribution in [2.24, 2.45) is 4.99 Å². The van der Waals surface area contributed by atoms with E-state index in [9.17, 15) is 0 Å². The normalized spacial score (nSPS) is 11.4. The van der Waals surface area contributed by atoms with Gasteiger partial charge in [0.25, 0.3) is 0 Å². The molecule has 3 N–H and O–H groups in total. The molecule has 0 saturated heterocycles. The van der Waals surface area contributed by atoms with E-state index in [1.807, 2.05) is 30.3 Å². The van der Waals surface area contributed by atoms with Crippen LogP contribution >= 0.6 is 0 Å². The highest BCUT2D eigenvalue weighted by atomic mass is 16.5. The highest BCUT2D eigenvalue weighted by Gasteiger charge is 2.03. The molecule has 0 aliphatic carbocycles. The third-order valence-corrected chi connectivity index (χ3v) is 4.31. The zero-order chi connectivity index (χ0) is 18.9. The molecule has 0 radical (unpaired) electrons. The number of fused-ring (bicyclic) bond motifs is 1. The molecular weight excluding hydrogens is 340 g/mol. The molecule has 0 aliphatic rings. The van der Waals surface area contributed by atoms with Gasteiger partial charge in [0.05, 0.1) is 13.7 Å². The largest absolute Gasteiger partial charge is 0.497 e. The first kappa shape index (κ1) is 18.6. The number of nitrogens with one attached hydrogen (secondary N) is 3. The van der Waals surface area contributed by atoms with Gasteiger partial charge < -0.3 is 25.1 Å². The van der Waals surface area contributed by atoms with Crippen LogP contribution in [0.2, 0.25) is 0 Å².